The summed E-state index contributed by atoms with van der Waals surface area (Å²) in [6.45, 7) is 2.68. The Morgan fingerprint density at radius 1 is 1.41 bits per heavy atom. The molecule has 88 valence electrons. The molecule has 0 bridgehead atoms. The third kappa shape index (κ3) is 2.18. The largest absolute Gasteiger partial charge is 0.357 e. The van der Waals surface area contributed by atoms with Crippen LogP contribution >= 0.6 is 0 Å². The van der Waals surface area contributed by atoms with Crippen molar-refractivity contribution >= 4 is 16.8 Å². The van der Waals surface area contributed by atoms with Crippen molar-refractivity contribution < 1.29 is 4.79 Å². The van der Waals surface area contributed by atoms with E-state index in [0.717, 1.165) is 24.1 Å². The van der Waals surface area contributed by atoms with Gasteiger partial charge in [0.15, 0.2) is 0 Å². The monoisotopic (exact) mass is 228 g/mol. The Morgan fingerprint density at radius 2 is 2.24 bits per heavy atom. The van der Waals surface area contributed by atoms with Gasteiger partial charge in [0.2, 0.25) is 5.91 Å². The van der Waals surface area contributed by atoms with Gasteiger partial charge in [-0.3, -0.25) is 4.79 Å². The summed E-state index contributed by atoms with van der Waals surface area (Å²) in [5.41, 5.74) is 3.45. The van der Waals surface area contributed by atoms with Crippen molar-refractivity contribution in [2.24, 2.45) is 5.92 Å². The Hall–Kier alpha value is -1.77. The van der Waals surface area contributed by atoms with E-state index in [2.05, 4.69) is 41.5 Å². The third-order valence-corrected chi connectivity index (χ3v) is 3.23. The minimum Gasteiger partial charge on any atom is -0.357 e. The summed E-state index contributed by atoms with van der Waals surface area (Å²) in [6, 6.07) is 8.43. The number of benzene rings is 1. The number of carbonyl (C=O) groups is 1. The number of hydrogen-bond donors (Lipinski definition) is 2. The molecule has 1 aliphatic rings. The van der Waals surface area contributed by atoms with E-state index in [4.69, 9.17) is 0 Å². The normalized spacial score (nSPS) is 15.1. The second kappa shape index (κ2) is 3.91. The van der Waals surface area contributed by atoms with Crippen LogP contribution in [0.15, 0.2) is 24.3 Å². The molecule has 1 fully saturated rings. The van der Waals surface area contributed by atoms with E-state index < -0.39 is 0 Å². The van der Waals surface area contributed by atoms with E-state index in [1.807, 2.05) is 0 Å². The molecule has 0 unspecified atom stereocenters. The van der Waals surface area contributed by atoms with Gasteiger partial charge in [-0.15, -0.1) is 0 Å². The van der Waals surface area contributed by atoms with E-state index in [9.17, 15) is 4.79 Å². The summed E-state index contributed by atoms with van der Waals surface area (Å²) >= 11 is 0. The zero-order valence-electron chi connectivity index (χ0n) is 9.92. The van der Waals surface area contributed by atoms with Crippen LogP contribution in [0.2, 0.25) is 0 Å². The molecular formula is C14H16N2O. The molecule has 1 aromatic heterocycles. The third-order valence-electron chi connectivity index (χ3n) is 3.23. The number of nitrogens with one attached hydrogen (secondary N) is 2. The number of hydrogen-bond acceptors (Lipinski definition) is 1. The predicted octanol–water partition coefficient (Wildman–Crippen LogP) is 2.50. The molecule has 0 spiro atoms. The lowest BCUT2D eigenvalue weighted by Gasteiger charge is -2.01. The highest BCUT2D eigenvalue weighted by atomic mass is 16.2. The number of fused-ring (bicyclic) bond motifs is 1. The Kier molecular flexibility index (Phi) is 2.39. The van der Waals surface area contributed by atoms with E-state index in [1.54, 1.807) is 0 Å². The summed E-state index contributed by atoms with van der Waals surface area (Å²) in [7, 11) is 0. The molecule has 1 saturated carbocycles. The van der Waals surface area contributed by atoms with Crippen LogP contribution in [0.4, 0.5) is 0 Å². The van der Waals surface area contributed by atoms with Crippen molar-refractivity contribution in [2.75, 3.05) is 0 Å². The first-order valence-electron chi connectivity index (χ1n) is 6.08. The standard InChI is InChI=1S/C14H16N2O/c1-9-2-5-13-11(6-9)7-12(16-13)8-15-14(17)10-3-4-10/h2,5-7,10,16H,3-4,8H2,1H3,(H,15,17). The summed E-state index contributed by atoms with van der Waals surface area (Å²) in [5, 5.41) is 4.18. The van der Waals surface area contributed by atoms with Gasteiger partial charge < -0.3 is 10.3 Å². The van der Waals surface area contributed by atoms with Gasteiger partial charge in [0, 0.05) is 17.1 Å². The first kappa shape index (κ1) is 10.4. The first-order valence-corrected chi connectivity index (χ1v) is 6.08. The Balaban J connectivity index is 1.74. The van der Waals surface area contributed by atoms with Crippen LogP contribution in [0, 0.1) is 12.8 Å². The molecule has 3 nitrogen and oxygen atoms in total. The average Bonchev–Trinajstić information content (AvgIpc) is 3.07. The van der Waals surface area contributed by atoms with Crippen LogP contribution in [0.5, 0.6) is 0 Å². The van der Waals surface area contributed by atoms with Crippen molar-refractivity contribution in [3.8, 4) is 0 Å². The van der Waals surface area contributed by atoms with Crippen molar-refractivity contribution in [1.29, 1.82) is 0 Å². The Morgan fingerprint density at radius 3 is 3.00 bits per heavy atom. The van der Waals surface area contributed by atoms with Gasteiger partial charge >= 0.3 is 0 Å². The lowest BCUT2D eigenvalue weighted by atomic mass is 10.2. The van der Waals surface area contributed by atoms with Crippen molar-refractivity contribution in [3.05, 3.63) is 35.5 Å². The van der Waals surface area contributed by atoms with E-state index in [0.29, 0.717) is 6.54 Å². The number of aryl methyl sites for hydroxylation is 1. The molecule has 0 aliphatic heterocycles. The number of aromatic amines is 1. The molecule has 1 amide bonds. The van der Waals surface area contributed by atoms with Crippen LogP contribution in [0.25, 0.3) is 10.9 Å². The van der Waals surface area contributed by atoms with Crippen molar-refractivity contribution in [1.82, 2.24) is 10.3 Å². The molecule has 17 heavy (non-hydrogen) atoms. The molecular weight excluding hydrogens is 212 g/mol. The predicted molar refractivity (Wildman–Crippen MR) is 67.6 cm³/mol. The van der Waals surface area contributed by atoms with Crippen LogP contribution in [0.3, 0.4) is 0 Å². The summed E-state index contributed by atoms with van der Waals surface area (Å²) in [6.07, 6.45) is 2.11. The van der Waals surface area contributed by atoms with Gasteiger partial charge in [-0.05, 0) is 43.4 Å². The highest BCUT2D eigenvalue weighted by molar-refractivity contribution is 5.82. The fraction of sp³-hybridized carbons (Fsp3) is 0.357. The quantitative estimate of drug-likeness (QED) is 0.833. The molecule has 3 heteroatoms. The molecule has 0 atom stereocenters. The lowest BCUT2D eigenvalue weighted by molar-refractivity contribution is -0.122. The van der Waals surface area contributed by atoms with Crippen LogP contribution < -0.4 is 5.32 Å². The number of carbonyl (C=O) groups excluding carboxylic acids is 1. The van der Waals surface area contributed by atoms with Crippen molar-refractivity contribution in [2.45, 2.75) is 26.3 Å². The maximum Gasteiger partial charge on any atom is 0.223 e. The fourth-order valence-corrected chi connectivity index (χ4v) is 2.08. The maximum absolute atomic E-state index is 11.5. The summed E-state index contributed by atoms with van der Waals surface area (Å²) in [5.74, 6) is 0.474. The van der Waals surface area contributed by atoms with Crippen LogP contribution in [-0.2, 0) is 11.3 Å². The first-order chi connectivity index (χ1) is 8.22. The lowest BCUT2D eigenvalue weighted by Crippen LogP contribution is -2.24. The van der Waals surface area contributed by atoms with Gasteiger partial charge in [-0.1, -0.05) is 11.6 Å². The molecule has 1 heterocycles. The molecule has 2 N–H and O–H groups in total. The fourth-order valence-electron chi connectivity index (χ4n) is 2.08. The summed E-state index contributed by atoms with van der Waals surface area (Å²) in [4.78, 5) is 14.8. The maximum atomic E-state index is 11.5. The highest BCUT2D eigenvalue weighted by Crippen LogP contribution is 2.28. The number of amides is 1. The highest BCUT2D eigenvalue weighted by Gasteiger charge is 2.29. The zero-order chi connectivity index (χ0) is 11.8. The van der Waals surface area contributed by atoms with Gasteiger partial charge in [-0.2, -0.15) is 0 Å². The number of rotatable bonds is 3. The van der Waals surface area contributed by atoms with Crippen molar-refractivity contribution in [3.63, 3.8) is 0 Å². The molecule has 0 radical (unpaired) electrons. The minimum absolute atomic E-state index is 0.194. The number of H-pyrrole nitrogens is 1. The molecule has 1 aliphatic carbocycles. The van der Waals surface area contributed by atoms with E-state index in [-0.39, 0.29) is 11.8 Å². The van der Waals surface area contributed by atoms with Gasteiger partial charge in [-0.25, -0.2) is 0 Å². The van der Waals surface area contributed by atoms with Crippen LogP contribution in [0.1, 0.15) is 24.1 Å². The minimum atomic E-state index is 0.194. The Labute approximate surface area is 100 Å². The van der Waals surface area contributed by atoms with Crippen LogP contribution in [-0.4, -0.2) is 10.9 Å². The van der Waals surface area contributed by atoms with Gasteiger partial charge in [0.1, 0.15) is 0 Å². The SMILES string of the molecule is Cc1ccc2[nH]c(CNC(=O)C3CC3)cc2c1. The smallest absolute Gasteiger partial charge is 0.223 e. The zero-order valence-corrected chi connectivity index (χ0v) is 9.92. The van der Waals surface area contributed by atoms with Gasteiger partial charge in [0.05, 0.1) is 6.54 Å². The van der Waals surface area contributed by atoms with E-state index in [1.165, 1.54) is 10.9 Å². The second-order valence-corrected chi connectivity index (χ2v) is 4.88. The second-order valence-electron chi connectivity index (χ2n) is 4.88. The average molecular weight is 228 g/mol. The summed E-state index contributed by atoms with van der Waals surface area (Å²) < 4.78 is 0. The number of aromatic nitrogens is 1. The Bertz CT molecular complexity index is 567. The molecule has 2 aromatic rings. The van der Waals surface area contributed by atoms with Gasteiger partial charge in [0.25, 0.3) is 0 Å². The topological polar surface area (TPSA) is 44.9 Å². The molecule has 1 aromatic carbocycles. The molecule has 0 saturated heterocycles. The van der Waals surface area contributed by atoms with E-state index >= 15 is 0 Å². The molecule has 3 rings (SSSR count).